The highest BCUT2D eigenvalue weighted by Gasteiger charge is 2.56. The van der Waals surface area contributed by atoms with Crippen LogP contribution in [0.5, 0.6) is 5.75 Å². The maximum Gasteiger partial charge on any atom is 0.459 e. The maximum atomic E-state index is 14.6. The molecule has 13 nitrogen and oxygen atoms in total. The van der Waals surface area contributed by atoms with Gasteiger partial charge in [0.05, 0.1) is 18.1 Å². The molecule has 0 radical (unpaired) electrons. The number of nitrogen functional groups attached to an aromatic ring is 1. The van der Waals surface area contributed by atoms with Crippen LogP contribution in [0.2, 0.25) is 0 Å². The lowest BCUT2D eigenvalue weighted by Gasteiger charge is -2.31. The summed E-state index contributed by atoms with van der Waals surface area (Å²) in [6.45, 7) is 6.89. The quantitative estimate of drug-likeness (QED) is 0.0915. The Labute approximate surface area is 261 Å². The SMILES string of the molecule is CCCCOC(=O)C(C)NP(=O)(Oc1cccc2ccccc12)OC(CC)C1OC(n2ccc3c(N)ncnc32)C(C)(O)C1O. The van der Waals surface area contributed by atoms with E-state index < -0.39 is 49.9 Å². The zero-order valence-corrected chi connectivity index (χ0v) is 26.6. The van der Waals surface area contributed by atoms with E-state index in [9.17, 15) is 19.6 Å². The molecule has 242 valence electrons. The van der Waals surface area contributed by atoms with Crippen LogP contribution in [-0.2, 0) is 23.4 Å². The fourth-order valence-electron chi connectivity index (χ4n) is 5.42. The molecule has 0 amide bonds. The Bertz CT molecular complexity index is 1690. The van der Waals surface area contributed by atoms with Crippen molar-refractivity contribution in [2.45, 2.75) is 83.1 Å². The molecule has 1 aliphatic heterocycles. The highest BCUT2D eigenvalue weighted by molar-refractivity contribution is 7.52. The van der Waals surface area contributed by atoms with Crippen molar-refractivity contribution in [3.63, 3.8) is 0 Å². The van der Waals surface area contributed by atoms with Gasteiger partial charge < -0.3 is 34.5 Å². The van der Waals surface area contributed by atoms with E-state index in [4.69, 9.17) is 24.3 Å². The van der Waals surface area contributed by atoms with E-state index in [1.165, 1.54) is 20.2 Å². The van der Waals surface area contributed by atoms with E-state index in [0.717, 1.165) is 11.8 Å². The fraction of sp³-hybridized carbons (Fsp3) is 0.452. The number of aromatic nitrogens is 3. The average molecular weight is 642 g/mol. The maximum absolute atomic E-state index is 14.6. The Kier molecular flexibility index (Phi) is 9.78. The van der Waals surface area contributed by atoms with Crippen LogP contribution in [0.1, 0.15) is 53.2 Å². The molecule has 2 aromatic heterocycles. The number of anilines is 1. The number of ether oxygens (including phenoxy) is 2. The number of benzene rings is 2. The summed E-state index contributed by atoms with van der Waals surface area (Å²) in [7, 11) is -4.38. The number of fused-ring (bicyclic) bond motifs is 2. The van der Waals surface area contributed by atoms with E-state index in [0.29, 0.717) is 22.8 Å². The second kappa shape index (κ2) is 13.4. The number of nitrogens with two attached hydrogens (primary N) is 1. The number of hydrogen-bond acceptors (Lipinski definition) is 11. The summed E-state index contributed by atoms with van der Waals surface area (Å²) in [5, 5.41) is 27.7. The first-order valence-corrected chi connectivity index (χ1v) is 16.6. The molecule has 0 aliphatic carbocycles. The molecule has 14 heteroatoms. The molecule has 4 aromatic rings. The van der Waals surface area contributed by atoms with Gasteiger partial charge in [-0.15, -0.1) is 0 Å². The molecule has 1 fully saturated rings. The topological polar surface area (TPSA) is 180 Å². The van der Waals surface area contributed by atoms with Gasteiger partial charge >= 0.3 is 13.7 Å². The highest BCUT2D eigenvalue weighted by Crippen LogP contribution is 2.51. The number of aliphatic hydroxyl groups is 2. The third kappa shape index (κ3) is 6.69. The molecule has 7 atom stereocenters. The Hall–Kier alpha value is -3.58. The molecule has 3 heterocycles. The van der Waals surface area contributed by atoms with E-state index in [1.54, 1.807) is 35.9 Å². The Morgan fingerprint density at radius 2 is 1.93 bits per heavy atom. The van der Waals surface area contributed by atoms with Crippen molar-refractivity contribution in [3.05, 3.63) is 61.1 Å². The van der Waals surface area contributed by atoms with Gasteiger partial charge in [0, 0.05) is 11.6 Å². The van der Waals surface area contributed by atoms with Crippen molar-refractivity contribution in [1.29, 1.82) is 0 Å². The predicted octanol–water partition coefficient (Wildman–Crippen LogP) is 4.48. The molecule has 5 N–H and O–H groups in total. The van der Waals surface area contributed by atoms with Gasteiger partial charge in [-0.3, -0.25) is 9.32 Å². The van der Waals surface area contributed by atoms with Gasteiger partial charge in [0.15, 0.2) is 6.23 Å². The predicted molar refractivity (Wildman–Crippen MR) is 168 cm³/mol. The number of esters is 1. The van der Waals surface area contributed by atoms with E-state index in [1.807, 2.05) is 37.3 Å². The smallest absolute Gasteiger partial charge is 0.459 e. The van der Waals surface area contributed by atoms with Crippen LogP contribution in [0, 0.1) is 0 Å². The van der Waals surface area contributed by atoms with Crippen molar-refractivity contribution in [3.8, 4) is 5.75 Å². The van der Waals surface area contributed by atoms with Gasteiger partial charge in [-0.05, 0) is 44.2 Å². The zero-order chi connectivity index (χ0) is 32.4. The van der Waals surface area contributed by atoms with Crippen molar-refractivity contribution in [1.82, 2.24) is 19.6 Å². The third-order valence-electron chi connectivity index (χ3n) is 7.95. The monoisotopic (exact) mass is 641 g/mol. The number of unbranched alkanes of at least 4 members (excludes halogenated alkanes) is 1. The number of aliphatic hydroxyl groups excluding tert-OH is 1. The summed E-state index contributed by atoms with van der Waals surface area (Å²) in [5.74, 6) is -0.106. The fourth-order valence-corrected chi connectivity index (χ4v) is 7.20. The zero-order valence-electron chi connectivity index (χ0n) is 25.7. The number of hydrogen-bond donors (Lipinski definition) is 4. The molecule has 0 spiro atoms. The summed E-state index contributed by atoms with van der Waals surface area (Å²) >= 11 is 0. The van der Waals surface area contributed by atoms with Crippen LogP contribution in [0.4, 0.5) is 5.82 Å². The molecule has 7 unspecified atom stereocenters. The van der Waals surface area contributed by atoms with Crippen LogP contribution in [-0.4, -0.2) is 67.3 Å². The number of rotatable bonds is 13. The summed E-state index contributed by atoms with van der Waals surface area (Å²) in [6, 6.07) is 13.3. The number of carbonyl (C=O) groups excluding carboxylic acids is 1. The molecule has 0 saturated carbocycles. The second-order valence-corrected chi connectivity index (χ2v) is 13.0. The second-order valence-electron chi connectivity index (χ2n) is 11.3. The first-order chi connectivity index (χ1) is 21.5. The van der Waals surface area contributed by atoms with Crippen molar-refractivity contribution in [2.24, 2.45) is 0 Å². The molecular weight excluding hydrogens is 601 g/mol. The molecule has 45 heavy (non-hydrogen) atoms. The van der Waals surface area contributed by atoms with Gasteiger partial charge in [-0.1, -0.05) is 56.7 Å². The van der Waals surface area contributed by atoms with Crippen LogP contribution in [0.15, 0.2) is 61.1 Å². The minimum Gasteiger partial charge on any atom is -0.465 e. The van der Waals surface area contributed by atoms with Gasteiger partial charge in [0.25, 0.3) is 0 Å². The van der Waals surface area contributed by atoms with E-state index in [2.05, 4.69) is 15.1 Å². The van der Waals surface area contributed by atoms with Gasteiger partial charge in [-0.2, -0.15) is 5.09 Å². The van der Waals surface area contributed by atoms with Crippen LogP contribution < -0.4 is 15.3 Å². The lowest BCUT2D eigenvalue weighted by molar-refractivity contribution is -0.145. The molecule has 1 aliphatic rings. The summed E-state index contributed by atoms with van der Waals surface area (Å²) in [4.78, 5) is 21.1. The highest BCUT2D eigenvalue weighted by atomic mass is 31.2. The molecule has 0 bridgehead atoms. The molecule has 1 saturated heterocycles. The lowest BCUT2D eigenvalue weighted by atomic mass is 9.93. The lowest BCUT2D eigenvalue weighted by Crippen LogP contribution is -2.47. The standard InChI is InChI=1S/C31H40N5O8P/c1-5-7-17-41-29(38)19(3)35-45(40,44-24-14-10-12-20-11-8-9-13-21(20)24)43-23(6-2)25-26(37)31(4,39)30(42-25)36-16-15-22-27(32)33-18-34-28(22)36/h8-16,18-19,23,25-26,30,37,39H,5-7,17H2,1-4H3,(H,35,40)(H2,32,33,34). The normalized spacial score (nSPS) is 24.4. The summed E-state index contributed by atoms with van der Waals surface area (Å²) in [5.41, 5.74) is 4.58. The molecular formula is C31H40N5O8P. The Morgan fingerprint density at radius 1 is 1.18 bits per heavy atom. The van der Waals surface area contributed by atoms with Gasteiger partial charge in [-0.25, -0.2) is 14.5 Å². The first-order valence-electron chi connectivity index (χ1n) is 15.0. The number of nitrogens with zero attached hydrogens (tertiary/aromatic N) is 3. The van der Waals surface area contributed by atoms with Crippen LogP contribution in [0.25, 0.3) is 21.8 Å². The first kappa shape index (κ1) is 32.8. The van der Waals surface area contributed by atoms with Gasteiger partial charge in [0.1, 0.15) is 47.4 Å². The van der Waals surface area contributed by atoms with Crippen LogP contribution in [0.3, 0.4) is 0 Å². The van der Waals surface area contributed by atoms with Crippen LogP contribution >= 0.6 is 7.75 Å². The summed E-state index contributed by atoms with van der Waals surface area (Å²) < 4.78 is 40.0. The minimum atomic E-state index is -4.38. The summed E-state index contributed by atoms with van der Waals surface area (Å²) in [6.07, 6.45) is -0.159. The minimum absolute atomic E-state index is 0.200. The number of nitrogens with one attached hydrogen (secondary N) is 1. The Morgan fingerprint density at radius 3 is 2.69 bits per heavy atom. The molecule has 5 rings (SSSR count). The van der Waals surface area contributed by atoms with Crippen molar-refractivity contribution in [2.75, 3.05) is 12.3 Å². The van der Waals surface area contributed by atoms with Crippen molar-refractivity contribution >= 4 is 41.3 Å². The third-order valence-corrected chi connectivity index (χ3v) is 9.64. The Balaban J connectivity index is 1.45. The van der Waals surface area contributed by atoms with Gasteiger partial charge in [0.2, 0.25) is 0 Å². The van der Waals surface area contributed by atoms with E-state index in [-0.39, 0.29) is 24.6 Å². The molecule has 2 aromatic carbocycles. The average Bonchev–Trinajstić information content (AvgIpc) is 3.54. The van der Waals surface area contributed by atoms with Crippen molar-refractivity contribution < 1.29 is 38.1 Å². The van der Waals surface area contributed by atoms with E-state index >= 15 is 0 Å². The number of carbonyl (C=O) groups is 1. The largest absolute Gasteiger partial charge is 0.465 e.